The summed E-state index contributed by atoms with van der Waals surface area (Å²) < 4.78 is 40.3. The van der Waals surface area contributed by atoms with Crippen molar-refractivity contribution < 1.29 is 17.9 Å². The number of ether oxygens (including phenoxy) is 1. The topological polar surface area (TPSA) is 73.1 Å². The van der Waals surface area contributed by atoms with Gasteiger partial charge in [-0.15, -0.1) is 13.2 Å². The minimum atomic E-state index is -4.72. The van der Waals surface area contributed by atoms with E-state index in [1.54, 1.807) is 12.1 Å². The molecular formula is C17H13F3N4O. The average Bonchev–Trinajstić information content (AvgIpc) is 2.56. The average molecular weight is 346 g/mol. The molecule has 0 unspecified atom stereocenters. The molecule has 0 amide bonds. The zero-order valence-corrected chi connectivity index (χ0v) is 12.8. The van der Waals surface area contributed by atoms with E-state index in [-0.39, 0.29) is 5.75 Å². The van der Waals surface area contributed by atoms with Gasteiger partial charge in [-0.25, -0.2) is 9.97 Å². The van der Waals surface area contributed by atoms with Crippen LogP contribution < -0.4 is 15.8 Å². The number of para-hydroxylation sites is 1. The standard InChI is InChI=1S/C17H13F3N4O/c18-17(19,20)25-12-7-5-11(6-8-12)24-16-9-15(22-10-23-16)13-3-1-2-4-14(13)21/h1-10H,21H2,(H,22,23,24). The molecule has 0 bridgehead atoms. The molecule has 0 aliphatic rings. The van der Waals surface area contributed by atoms with Gasteiger partial charge in [0.2, 0.25) is 0 Å². The van der Waals surface area contributed by atoms with Crippen LogP contribution >= 0.6 is 0 Å². The largest absolute Gasteiger partial charge is 0.573 e. The number of halogens is 3. The normalized spacial score (nSPS) is 11.2. The number of nitrogens with one attached hydrogen (secondary N) is 1. The summed E-state index contributed by atoms with van der Waals surface area (Å²) in [6, 6.07) is 14.3. The van der Waals surface area contributed by atoms with Crippen LogP contribution in [0, 0.1) is 0 Å². The summed E-state index contributed by atoms with van der Waals surface area (Å²) >= 11 is 0. The van der Waals surface area contributed by atoms with Crippen molar-refractivity contribution in [3.05, 3.63) is 60.9 Å². The molecule has 0 aliphatic carbocycles. The molecule has 1 heterocycles. The first-order valence-electron chi connectivity index (χ1n) is 7.20. The number of alkyl halides is 3. The van der Waals surface area contributed by atoms with Crippen LogP contribution in [-0.4, -0.2) is 16.3 Å². The Kier molecular flexibility index (Phi) is 4.42. The van der Waals surface area contributed by atoms with Crippen LogP contribution in [0.15, 0.2) is 60.9 Å². The van der Waals surface area contributed by atoms with Crippen molar-refractivity contribution in [1.82, 2.24) is 9.97 Å². The van der Waals surface area contributed by atoms with Gasteiger partial charge in [-0.1, -0.05) is 18.2 Å². The highest BCUT2D eigenvalue weighted by molar-refractivity contribution is 5.75. The van der Waals surface area contributed by atoms with Crippen molar-refractivity contribution in [2.45, 2.75) is 6.36 Å². The Morgan fingerprint density at radius 2 is 1.68 bits per heavy atom. The Labute approximate surface area is 141 Å². The molecule has 3 aromatic rings. The molecule has 5 nitrogen and oxygen atoms in total. The summed E-state index contributed by atoms with van der Waals surface area (Å²) in [5, 5.41) is 2.99. The second-order valence-corrected chi connectivity index (χ2v) is 5.07. The Morgan fingerprint density at radius 3 is 2.36 bits per heavy atom. The number of aromatic nitrogens is 2. The van der Waals surface area contributed by atoms with Gasteiger partial charge < -0.3 is 15.8 Å². The maximum atomic E-state index is 12.2. The van der Waals surface area contributed by atoms with E-state index in [4.69, 9.17) is 5.73 Å². The van der Waals surface area contributed by atoms with Crippen LogP contribution in [0.2, 0.25) is 0 Å². The maximum absolute atomic E-state index is 12.2. The fourth-order valence-electron chi connectivity index (χ4n) is 2.19. The Hall–Kier alpha value is -3.29. The SMILES string of the molecule is Nc1ccccc1-c1cc(Nc2ccc(OC(F)(F)F)cc2)ncn1. The van der Waals surface area contributed by atoms with Crippen LogP contribution in [0.5, 0.6) is 5.75 Å². The molecule has 128 valence electrons. The van der Waals surface area contributed by atoms with E-state index in [2.05, 4.69) is 20.0 Å². The summed E-state index contributed by atoms with van der Waals surface area (Å²) in [7, 11) is 0. The van der Waals surface area contributed by atoms with E-state index < -0.39 is 6.36 Å². The quantitative estimate of drug-likeness (QED) is 0.687. The Balaban J connectivity index is 1.78. The smallest absolute Gasteiger partial charge is 0.406 e. The number of nitrogens with zero attached hydrogens (tertiary/aromatic N) is 2. The molecule has 0 saturated heterocycles. The van der Waals surface area contributed by atoms with Crippen LogP contribution in [0.25, 0.3) is 11.3 Å². The highest BCUT2D eigenvalue weighted by Crippen LogP contribution is 2.27. The monoisotopic (exact) mass is 346 g/mol. The van der Waals surface area contributed by atoms with Gasteiger partial charge in [0, 0.05) is 23.0 Å². The zero-order chi connectivity index (χ0) is 17.9. The van der Waals surface area contributed by atoms with E-state index >= 15 is 0 Å². The van der Waals surface area contributed by atoms with Gasteiger partial charge in [0.1, 0.15) is 17.9 Å². The van der Waals surface area contributed by atoms with Gasteiger partial charge in [0.15, 0.2) is 0 Å². The fourth-order valence-corrected chi connectivity index (χ4v) is 2.19. The first-order chi connectivity index (χ1) is 11.9. The van der Waals surface area contributed by atoms with Crippen LogP contribution in [0.1, 0.15) is 0 Å². The third kappa shape index (κ3) is 4.37. The number of nitrogens with two attached hydrogens (primary N) is 1. The van der Waals surface area contributed by atoms with E-state index in [1.807, 2.05) is 18.2 Å². The van der Waals surface area contributed by atoms with Crippen molar-refractivity contribution in [3.63, 3.8) is 0 Å². The maximum Gasteiger partial charge on any atom is 0.573 e. The minimum Gasteiger partial charge on any atom is -0.406 e. The lowest BCUT2D eigenvalue weighted by Gasteiger charge is -2.11. The molecule has 0 radical (unpaired) electrons. The van der Waals surface area contributed by atoms with Crippen molar-refractivity contribution in [3.8, 4) is 17.0 Å². The van der Waals surface area contributed by atoms with Gasteiger partial charge in [-0.05, 0) is 30.3 Å². The summed E-state index contributed by atoms with van der Waals surface area (Å²) in [5.41, 5.74) is 8.47. The van der Waals surface area contributed by atoms with Crippen LogP contribution in [0.4, 0.5) is 30.4 Å². The number of nitrogen functional groups attached to an aromatic ring is 1. The molecule has 1 aromatic heterocycles. The lowest BCUT2D eigenvalue weighted by Crippen LogP contribution is -2.16. The van der Waals surface area contributed by atoms with Gasteiger partial charge in [-0.3, -0.25) is 0 Å². The predicted molar refractivity (Wildman–Crippen MR) is 88.3 cm³/mol. The molecule has 3 rings (SSSR count). The third-order valence-corrected chi connectivity index (χ3v) is 3.26. The van der Waals surface area contributed by atoms with Crippen molar-refractivity contribution in [1.29, 1.82) is 0 Å². The minimum absolute atomic E-state index is 0.293. The van der Waals surface area contributed by atoms with E-state index in [0.717, 1.165) is 5.56 Å². The second kappa shape index (κ2) is 6.68. The molecule has 3 N–H and O–H groups in total. The number of hydrogen-bond donors (Lipinski definition) is 2. The molecular weight excluding hydrogens is 333 g/mol. The van der Waals surface area contributed by atoms with Gasteiger partial charge in [0.05, 0.1) is 5.69 Å². The first-order valence-corrected chi connectivity index (χ1v) is 7.20. The van der Waals surface area contributed by atoms with E-state index in [0.29, 0.717) is 22.9 Å². The lowest BCUT2D eigenvalue weighted by molar-refractivity contribution is -0.274. The van der Waals surface area contributed by atoms with Gasteiger partial charge in [-0.2, -0.15) is 0 Å². The number of hydrogen-bond acceptors (Lipinski definition) is 5. The van der Waals surface area contributed by atoms with Crippen LogP contribution in [0.3, 0.4) is 0 Å². The van der Waals surface area contributed by atoms with Gasteiger partial charge >= 0.3 is 6.36 Å². The van der Waals surface area contributed by atoms with Crippen molar-refractivity contribution in [2.24, 2.45) is 0 Å². The molecule has 0 saturated carbocycles. The third-order valence-electron chi connectivity index (χ3n) is 3.26. The van der Waals surface area contributed by atoms with Crippen molar-refractivity contribution in [2.75, 3.05) is 11.1 Å². The second-order valence-electron chi connectivity index (χ2n) is 5.07. The Morgan fingerprint density at radius 1 is 0.960 bits per heavy atom. The Bertz CT molecular complexity index is 866. The first kappa shape index (κ1) is 16.6. The highest BCUT2D eigenvalue weighted by atomic mass is 19.4. The molecule has 2 aromatic carbocycles. The molecule has 8 heteroatoms. The van der Waals surface area contributed by atoms with Gasteiger partial charge in [0.25, 0.3) is 0 Å². The van der Waals surface area contributed by atoms with E-state index in [1.165, 1.54) is 30.6 Å². The summed E-state index contributed by atoms with van der Waals surface area (Å²) in [5.74, 6) is 0.191. The molecule has 25 heavy (non-hydrogen) atoms. The van der Waals surface area contributed by atoms with Crippen molar-refractivity contribution >= 4 is 17.2 Å². The molecule has 0 fully saturated rings. The number of anilines is 3. The molecule has 0 aliphatic heterocycles. The van der Waals surface area contributed by atoms with Crippen LogP contribution in [-0.2, 0) is 0 Å². The molecule has 0 spiro atoms. The number of benzene rings is 2. The van der Waals surface area contributed by atoms with E-state index in [9.17, 15) is 13.2 Å². The number of rotatable bonds is 4. The lowest BCUT2D eigenvalue weighted by atomic mass is 10.1. The summed E-state index contributed by atoms with van der Waals surface area (Å²) in [4.78, 5) is 8.29. The zero-order valence-electron chi connectivity index (χ0n) is 12.8. The summed E-state index contributed by atoms with van der Waals surface area (Å²) in [6.07, 6.45) is -3.34. The summed E-state index contributed by atoms with van der Waals surface area (Å²) in [6.45, 7) is 0. The highest BCUT2D eigenvalue weighted by Gasteiger charge is 2.30. The molecule has 0 atom stereocenters. The fraction of sp³-hybridized carbons (Fsp3) is 0.0588. The predicted octanol–water partition coefficient (Wildman–Crippen LogP) is 4.37.